The first kappa shape index (κ1) is 14.3. The van der Waals surface area contributed by atoms with E-state index in [1.165, 1.54) is 12.1 Å². The van der Waals surface area contributed by atoms with Gasteiger partial charge in [0.1, 0.15) is 5.75 Å². The lowest BCUT2D eigenvalue weighted by Crippen LogP contribution is -2.17. The van der Waals surface area contributed by atoms with E-state index < -0.39 is 11.9 Å². The van der Waals surface area contributed by atoms with Crippen LogP contribution in [0.4, 0.5) is 4.53 Å². The van der Waals surface area contributed by atoms with Crippen molar-refractivity contribution in [2.75, 3.05) is 0 Å². The Morgan fingerprint density at radius 1 is 1.23 bits per heavy atom. The molecule has 112 valence electrons. The number of phenols is 1. The van der Waals surface area contributed by atoms with E-state index in [0.717, 1.165) is 5.56 Å². The van der Waals surface area contributed by atoms with Gasteiger partial charge in [-0.05, 0) is 41.3 Å². The lowest BCUT2D eigenvalue weighted by atomic mass is 9.88. The Bertz CT molecular complexity index is 754. The van der Waals surface area contributed by atoms with Crippen LogP contribution >= 0.6 is 0 Å². The molecule has 22 heavy (non-hydrogen) atoms. The second-order valence-corrected chi connectivity index (χ2v) is 5.29. The molecule has 0 amide bonds. The largest absolute Gasteiger partial charge is 0.508 e. The fourth-order valence-electron chi connectivity index (χ4n) is 2.94. The highest BCUT2D eigenvalue weighted by atomic mass is 19.3. The molecule has 1 unspecified atom stereocenters. The predicted molar refractivity (Wildman–Crippen MR) is 76.2 cm³/mol. The molecular weight excluding hydrogens is 287 g/mol. The predicted octanol–water partition coefficient (Wildman–Crippen LogP) is 3.08. The Kier molecular flexibility index (Phi) is 3.63. The Balaban J connectivity index is 2.15. The third-order valence-corrected chi connectivity index (χ3v) is 3.94. The summed E-state index contributed by atoms with van der Waals surface area (Å²) in [6, 6.07) is 11.7. The van der Waals surface area contributed by atoms with Gasteiger partial charge < -0.3 is 5.11 Å². The lowest BCUT2D eigenvalue weighted by Gasteiger charge is -2.14. The van der Waals surface area contributed by atoms with Crippen LogP contribution in [0.15, 0.2) is 42.5 Å². The number of carbonyl (C=O) groups excluding carboxylic acids is 2. The number of phenolic OH excluding ortho intramolecular Hbond substituents is 1. The van der Waals surface area contributed by atoms with Gasteiger partial charge in [-0.25, -0.2) is 4.79 Å². The number of fused-ring (bicyclic) bond motifs is 2. The smallest absolute Gasteiger partial charge is 0.349 e. The highest BCUT2D eigenvalue weighted by Crippen LogP contribution is 2.35. The van der Waals surface area contributed by atoms with E-state index in [9.17, 15) is 19.2 Å². The monoisotopic (exact) mass is 300 g/mol. The molecular formula is C17H13FO4. The lowest BCUT2D eigenvalue weighted by molar-refractivity contribution is -0.183. The Morgan fingerprint density at radius 2 is 2.00 bits per heavy atom. The molecule has 1 N–H and O–H groups in total. The van der Waals surface area contributed by atoms with Gasteiger partial charge in [0.05, 0.1) is 12.3 Å². The van der Waals surface area contributed by atoms with Crippen molar-refractivity contribution in [2.24, 2.45) is 0 Å². The summed E-state index contributed by atoms with van der Waals surface area (Å²) in [4.78, 5) is 27.3. The summed E-state index contributed by atoms with van der Waals surface area (Å²) in [7, 11) is 0. The highest BCUT2D eigenvalue weighted by molar-refractivity contribution is 6.04. The fourth-order valence-corrected chi connectivity index (χ4v) is 2.94. The molecule has 0 saturated heterocycles. The van der Waals surface area contributed by atoms with Crippen LogP contribution in [-0.4, -0.2) is 16.9 Å². The molecule has 2 aromatic rings. The first-order valence-corrected chi connectivity index (χ1v) is 6.85. The van der Waals surface area contributed by atoms with E-state index in [2.05, 4.69) is 4.94 Å². The first-order chi connectivity index (χ1) is 10.6. The minimum absolute atomic E-state index is 0.0747. The summed E-state index contributed by atoms with van der Waals surface area (Å²) in [5.41, 5.74) is 2.68. The topological polar surface area (TPSA) is 63.6 Å². The summed E-state index contributed by atoms with van der Waals surface area (Å²) >= 11 is 0. The number of ketones is 1. The van der Waals surface area contributed by atoms with E-state index >= 15 is 0 Å². The molecule has 5 heteroatoms. The van der Waals surface area contributed by atoms with Gasteiger partial charge in [-0.15, -0.1) is 0 Å². The number of halogens is 1. The molecule has 0 spiro atoms. The standard InChI is InChI=1S/C17H13FO4/c18-22-16(20)9-15-13-4-2-1-3-10(13)7-11-8-12(19)5-6-14(11)17(15)21/h1-6,8,15,19H,7,9H2. The van der Waals surface area contributed by atoms with E-state index in [-0.39, 0.29) is 18.0 Å². The van der Waals surface area contributed by atoms with Crippen LogP contribution in [0.2, 0.25) is 0 Å². The van der Waals surface area contributed by atoms with Crippen molar-refractivity contribution in [3.8, 4) is 5.75 Å². The average molecular weight is 300 g/mol. The molecule has 1 aliphatic carbocycles. The normalized spacial score (nSPS) is 16.4. The fraction of sp³-hybridized carbons (Fsp3) is 0.176. The van der Waals surface area contributed by atoms with Gasteiger partial charge >= 0.3 is 5.97 Å². The van der Waals surface area contributed by atoms with E-state index in [0.29, 0.717) is 23.1 Å². The van der Waals surface area contributed by atoms with Crippen molar-refractivity contribution in [3.63, 3.8) is 0 Å². The van der Waals surface area contributed by atoms with Gasteiger partial charge in [-0.1, -0.05) is 24.3 Å². The SMILES string of the molecule is O=C(CC1C(=O)c2ccc(O)cc2Cc2ccccc21)OF. The van der Waals surface area contributed by atoms with Gasteiger partial charge in [-0.2, -0.15) is 0 Å². The van der Waals surface area contributed by atoms with Gasteiger partial charge in [-0.3, -0.25) is 9.74 Å². The second-order valence-electron chi connectivity index (χ2n) is 5.29. The number of Topliss-reactive ketones (excluding diaryl/α,β-unsaturated/α-hetero) is 1. The zero-order valence-electron chi connectivity index (χ0n) is 11.6. The Morgan fingerprint density at radius 3 is 2.77 bits per heavy atom. The highest BCUT2D eigenvalue weighted by Gasteiger charge is 2.32. The molecule has 1 aliphatic rings. The minimum atomic E-state index is -1.07. The summed E-state index contributed by atoms with van der Waals surface area (Å²) < 4.78 is 12.1. The van der Waals surface area contributed by atoms with Crippen molar-refractivity contribution in [3.05, 3.63) is 64.7 Å². The van der Waals surface area contributed by atoms with Crippen molar-refractivity contribution in [1.29, 1.82) is 0 Å². The minimum Gasteiger partial charge on any atom is -0.508 e. The first-order valence-electron chi connectivity index (χ1n) is 6.85. The molecule has 0 fully saturated rings. The molecule has 0 heterocycles. The third kappa shape index (κ3) is 2.45. The third-order valence-electron chi connectivity index (χ3n) is 3.94. The van der Waals surface area contributed by atoms with Gasteiger partial charge in [0, 0.05) is 10.1 Å². The van der Waals surface area contributed by atoms with Gasteiger partial charge in [0.2, 0.25) is 0 Å². The molecule has 0 aromatic heterocycles. The molecule has 0 bridgehead atoms. The number of hydrogen-bond acceptors (Lipinski definition) is 4. The van der Waals surface area contributed by atoms with Crippen LogP contribution in [0.3, 0.4) is 0 Å². The zero-order valence-corrected chi connectivity index (χ0v) is 11.6. The zero-order chi connectivity index (χ0) is 15.7. The maximum Gasteiger partial charge on any atom is 0.349 e. The van der Waals surface area contributed by atoms with Crippen LogP contribution < -0.4 is 0 Å². The van der Waals surface area contributed by atoms with E-state index in [4.69, 9.17) is 0 Å². The molecule has 0 saturated carbocycles. The van der Waals surface area contributed by atoms with Crippen molar-refractivity contribution >= 4 is 11.8 Å². The molecule has 3 rings (SSSR count). The van der Waals surface area contributed by atoms with E-state index in [1.807, 2.05) is 12.1 Å². The maximum atomic E-state index is 12.8. The number of rotatable bonds is 2. The Labute approximate surface area is 126 Å². The number of hydrogen-bond donors (Lipinski definition) is 1. The molecule has 4 nitrogen and oxygen atoms in total. The Hall–Kier alpha value is -2.69. The number of benzene rings is 2. The van der Waals surface area contributed by atoms with Gasteiger partial charge in [0.25, 0.3) is 0 Å². The maximum absolute atomic E-state index is 12.8. The number of carbonyl (C=O) groups is 2. The van der Waals surface area contributed by atoms with Crippen LogP contribution in [0.25, 0.3) is 0 Å². The molecule has 0 aliphatic heterocycles. The van der Waals surface area contributed by atoms with Crippen LogP contribution in [0.1, 0.15) is 39.4 Å². The summed E-state index contributed by atoms with van der Waals surface area (Å²) in [6.07, 6.45) is 0.111. The summed E-state index contributed by atoms with van der Waals surface area (Å²) in [5.74, 6) is -2.06. The van der Waals surface area contributed by atoms with Crippen molar-refractivity contribution in [2.45, 2.75) is 18.8 Å². The van der Waals surface area contributed by atoms with Crippen LogP contribution in [0.5, 0.6) is 5.75 Å². The molecule has 2 aromatic carbocycles. The summed E-state index contributed by atoms with van der Waals surface area (Å²) in [6.45, 7) is 0. The second kappa shape index (κ2) is 5.60. The molecule has 0 radical (unpaired) electrons. The summed E-state index contributed by atoms with van der Waals surface area (Å²) in [5, 5.41) is 9.63. The average Bonchev–Trinajstić information content (AvgIpc) is 2.63. The van der Waals surface area contributed by atoms with Crippen LogP contribution in [0, 0.1) is 0 Å². The van der Waals surface area contributed by atoms with Gasteiger partial charge in [0.15, 0.2) is 5.78 Å². The quantitative estimate of drug-likeness (QED) is 0.925. The number of aromatic hydroxyl groups is 1. The van der Waals surface area contributed by atoms with Crippen LogP contribution in [-0.2, 0) is 16.2 Å². The van der Waals surface area contributed by atoms with E-state index in [1.54, 1.807) is 18.2 Å². The van der Waals surface area contributed by atoms with Crippen molar-refractivity contribution < 1.29 is 24.2 Å². The van der Waals surface area contributed by atoms with Crippen molar-refractivity contribution in [1.82, 2.24) is 0 Å². The molecule has 1 atom stereocenters.